The van der Waals surface area contributed by atoms with Crippen LogP contribution in [0.2, 0.25) is 0 Å². The van der Waals surface area contributed by atoms with E-state index >= 15 is 0 Å². The van der Waals surface area contributed by atoms with E-state index in [1.165, 1.54) is 7.05 Å². The third-order valence-electron chi connectivity index (χ3n) is 3.94. The SMILES string of the molecule is Cc1nn(C)c(F)c1C(=O)Nc1ccccc1[C@@H](C)CC(C)C. The molecule has 1 aromatic heterocycles. The summed E-state index contributed by atoms with van der Waals surface area (Å²) in [6, 6.07) is 7.69. The number of carbonyl (C=O) groups excluding carboxylic acids is 1. The van der Waals surface area contributed by atoms with E-state index in [1.807, 2.05) is 24.3 Å². The van der Waals surface area contributed by atoms with E-state index in [0.29, 0.717) is 17.5 Å². The van der Waals surface area contributed by atoms with Crippen molar-refractivity contribution in [3.05, 3.63) is 47.0 Å². The van der Waals surface area contributed by atoms with Crippen LogP contribution in [0.25, 0.3) is 0 Å². The molecule has 0 saturated heterocycles. The van der Waals surface area contributed by atoms with Gasteiger partial charge < -0.3 is 5.32 Å². The second-order valence-electron chi connectivity index (χ2n) is 6.45. The van der Waals surface area contributed by atoms with Crippen LogP contribution in [0.5, 0.6) is 0 Å². The third kappa shape index (κ3) is 3.78. The molecule has 1 amide bonds. The molecule has 23 heavy (non-hydrogen) atoms. The van der Waals surface area contributed by atoms with Crippen molar-refractivity contribution in [2.45, 2.75) is 40.0 Å². The molecule has 1 N–H and O–H groups in total. The summed E-state index contributed by atoms with van der Waals surface area (Å²) in [7, 11) is 1.48. The van der Waals surface area contributed by atoms with Gasteiger partial charge in [0, 0.05) is 12.7 Å². The number of rotatable bonds is 5. The summed E-state index contributed by atoms with van der Waals surface area (Å²) >= 11 is 0. The van der Waals surface area contributed by atoms with E-state index in [4.69, 9.17) is 0 Å². The molecule has 0 unspecified atom stereocenters. The van der Waals surface area contributed by atoms with Crippen LogP contribution in [0.15, 0.2) is 24.3 Å². The number of hydrogen-bond donors (Lipinski definition) is 1. The van der Waals surface area contributed by atoms with Crippen LogP contribution in [-0.2, 0) is 7.05 Å². The molecule has 1 heterocycles. The third-order valence-corrected chi connectivity index (χ3v) is 3.94. The zero-order chi connectivity index (χ0) is 17.1. The lowest BCUT2D eigenvalue weighted by atomic mass is 9.91. The molecule has 0 saturated carbocycles. The smallest absolute Gasteiger partial charge is 0.262 e. The van der Waals surface area contributed by atoms with Gasteiger partial charge in [0.15, 0.2) is 0 Å². The van der Waals surface area contributed by atoms with Crippen LogP contribution >= 0.6 is 0 Å². The number of amides is 1. The highest BCUT2D eigenvalue weighted by Crippen LogP contribution is 2.29. The molecule has 1 atom stereocenters. The number of aryl methyl sites for hydroxylation is 2. The van der Waals surface area contributed by atoms with Gasteiger partial charge in [-0.1, -0.05) is 39.0 Å². The molecular formula is C18H24FN3O. The molecule has 124 valence electrons. The van der Waals surface area contributed by atoms with Gasteiger partial charge in [-0.05, 0) is 36.8 Å². The number of carbonyl (C=O) groups is 1. The second kappa shape index (κ2) is 6.94. The minimum atomic E-state index is -0.618. The van der Waals surface area contributed by atoms with Crippen LogP contribution in [0.4, 0.5) is 10.1 Å². The van der Waals surface area contributed by atoms with Crippen LogP contribution in [-0.4, -0.2) is 15.7 Å². The van der Waals surface area contributed by atoms with Gasteiger partial charge >= 0.3 is 0 Å². The number of halogens is 1. The Labute approximate surface area is 136 Å². The largest absolute Gasteiger partial charge is 0.322 e. The summed E-state index contributed by atoms with van der Waals surface area (Å²) in [6.07, 6.45) is 1.02. The minimum absolute atomic E-state index is 0.00110. The number of nitrogens with zero attached hydrogens (tertiary/aromatic N) is 2. The topological polar surface area (TPSA) is 46.9 Å². The van der Waals surface area contributed by atoms with E-state index in [2.05, 4.69) is 31.2 Å². The highest BCUT2D eigenvalue weighted by molar-refractivity contribution is 6.05. The summed E-state index contributed by atoms with van der Waals surface area (Å²) in [5, 5.41) is 6.79. The van der Waals surface area contributed by atoms with Crippen molar-refractivity contribution >= 4 is 11.6 Å². The molecular weight excluding hydrogens is 293 g/mol. The van der Waals surface area contributed by atoms with Gasteiger partial charge in [-0.2, -0.15) is 9.49 Å². The molecule has 0 aliphatic heterocycles. The Kier molecular flexibility index (Phi) is 5.19. The molecule has 0 bridgehead atoms. The lowest BCUT2D eigenvalue weighted by Gasteiger charge is -2.18. The van der Waals surface area contributed by atoms with Crippen LogP contribution in [0.1, 0.15) is 54.7 Å². The molecule has 5 heteroatoms. The lowest BCUT2D eigenvalue weighted by molar-refractivity contribution is 0.102. The van der Waals surface area contributed by atoms with Crippen LogP contribution in [0.3, 0.4) is 0 Å². The molecule has 0 radical (unpaired) electrons. The number of nitrogens with one attached hydrogen (secondary N) is 1. The summed E-state index contributed by atoms with van der Waals surface area (Å²) in [5.74, 6) is -0.205. The van der Waals surface area contributed by atoms with Gasteiger partial charge in [0.2, 0.25) is 5.95 Å². The molecule has 0 aliphatic carbocycles. The Bertz CT molecular complexity index is 706. The molecule has 0 aliphatic rings. The highest BCUT2D eigenvalue weighted by atomic mass is 19.1. The van der Waals surface area contributed by atoms with Crippen molar-refractivity contribution < 1.29 is 9.18 Å². The quantitative estimate of drug-likeness (QED) is 0.895. The Hall–Kier alpha value is -2.17. The number of hydrogen-bond acceptors (Lipinski definition) is 2. The zero-order valence-corrected chi connectivity index (χ0v) is 14.4. The predicted molar refractivity (Wildman–Crippen MR) is 90.2 cm³/mol. The number of aromatic nitrogens is 2. The van der Waals surface area contributed by atoms with E-state index in [-0.39, 0.29) is 5.56 Å². The van der Waals surface area contributed by atoms with E-state index in [9.17, 15) is 9.18 Å². The molecule has 2 aromatic rings. The summed E-state index contributed by atoms with van der Waals surface area (Å²) in [5.41, 5.74) is 2.18. The first-order valence-corrected chi connectivity index (χ1v) is 7.90. The normalized spacial score (nSPS) is 12.5. The van der Waals surface area contributed by atoms with Crippen molar-refractivity contribution in [2.24, 2.45) is 13.0 Å². The Morgan fingerprint density at radius 3 is 2.52 bits per heavy atom. The van der Waals surface area contributed by atoms with Crippen molar-refractivity contribution in [2.75, 3.05) is 5.32 Å². The van der Waals surface area contributed by atoms with Crippen LogP contribution in [0, 0.1) is 18.8 Å². The molecule has 0 spiro atoms. The highest BCUT2D eigenvalue weighted by Gasteiger charge is 2.22. The second-order valence-corrected chi connectivity index (χ2v) is 6.45. The van der Waals surface area contributed by atoms with Gasteiger partial charge in [0.1, 0.15) is 5.56 Å². The van der Waals surface area contributed by atoms with Crippen molar-refractivity contribution in [3.8, 4) is 0 Å². The maximum Gasteiger partial charge on any atom is 0.262 e. The first kappa shape index (κ1) is 17.2. The number of para-hydroxylation sites is 1. The van der Waals surface area contributed by atoms with Crippen molar-refractivity contribution in [3.63, 3.8) is 0 Å². The lowest BCUT2D eigenvalue weighted by Crippen LogP contribution is -2.16. The summed E-state index contributed by atoms with van der Waals surface area (Å²) < 4.78 is 15.1. The zero-order valence-electron chi connectivity index (χ0n) is 14.4. The fraction of sp³-hybridized carbons (Fsp3) is 0.444. The maximum absolute atomic E-state index is 14.0. The van der Waals surface area contributed by atoms with Crippen LogP contribution < -0.4 is 5.32 Å². The molecule has 1 aromatic carbocycles. The standard InChI is InChI=1S/C18H24FN3O/c1-11(2)10-12(3)14-8-6-7-9-15(14)20-18(23)16-13(4)21-22(5)17(16)19/h6-9,11-12H,10H2,1-5H3,(H,20,23)/t12-/m0/s1. The fourth-order valence-electron chi connectivity index (χ4n) is 2.95. The maximum atomic E-state index is 14.0. The number of anilines is 1. The average molecular weight is 317 g/mol. The van der Waals surface area contributed by atoms with E-state index in [0.717, 1.165) is 22.4 Å². The Morgan fingerprint density at radius 1 is 1.30 bits per heavy atom. The fourth-order valence-corrected chi connectivity index (χ4v) is 2.95. The Morgan fingerprint density at radius 2 is 1.96 bits per heavy atom. The van der Waals surface area contributed by atoms with Gasteiger partial charge in [-0.3, -0.25) is 4.79 Å². The molecule has 0 fully saturated rings. The summed E-state index contributed by atoms with van der Waals surface area (Å²) in [4.78, 5) is 12.5. The van der Waals surface area contributed by atoms with Gasteiger partial charge in [-0.25, -0.2) is 4.68 Å². The van der Waals surface area contributed by atoms with Gasteiger partial charge in [0.05, 0.1) is 5.69 Å². The first-order chi connectivity index (χ1) is 10.8. The monoisotopic (exact) mass is 317 g/mol. The van der Waals surface area contributed by atoms with E-state index < -0.39 is 11.9 Å². The molecule has 2 rings (SSSR count). The van der Waals surface area contributed by atoms with E-state index in [1.54, 1.807) is 6.92 Å². The van der Waals surface area contributed by atoms with Crippen molar-refractivity contribution in [1.82, 2.24) is 9.78 Å². The number of benzene rings is 1. The Balaban J connectivity index is 2.28. The van der Waals surface area contributed by atoms with Gasteiger partial charge in [0.25, 0.3) is 5.91 Å². The average Bonchev–Trinajstić information content (AvgIpc) is 2.71. The molecule has 4 nitrogen and oxygen atoms in total. The summed E-state index contributed by atoms with van der Waals surface area (Å²) in [6.45, 7) is 8.12. The van der Waals surface area contributed by atoms with Gasteiger partial charge in [-0.15, -0.1) is 0 Å². The first-order valence-electron chi connectivity index (χ1n) is 7.90. The predicted octanol–water partition coefficient (Wildman–Crippen LogP) is 4.27. The van der Waals surface area contributed by atoms with Crippen molar-refractivity contribution in [1.29, 1.82) is 0 Å². The minimum Gasteiger partial charge on any atom is -0.322 e.